The number of ether oxygens (including phenoxy) is 1. The molecule has 3 N–H and O–H groups in total. The van der Waals surface area contributed by atoms with Gasteiger partial charge >= 0.3 is 0 Å². The van der Waals surface area contributed by atoms with E-state index in [-0.39, 0.29) is 11.4 Å². The summed E-state index contributed by atoms with van der Waals surface area (Å²) in [5.41, 5.74) is 5.88. The van der Waals surface area contributed by atoms with Crippen LogP contribution in [0.3, 0.4) is 0 Å². The van der Waals surface area contributed by atoms with E-state index in [1.807, 2.05) is 14.1 Å². The lowest BCUT2D eigenvalue weighted by molar-refractivity contribution is 0.114. The van der Waals surface area contributed by atoms with E-state index in [0.717, 1.165) is 0 Å². The zero-order valence-corrected chi connectivity index (χ0v) is 12.4. The molecule has 0 radical (unpaired) electrons. The molecule has 0 fully saturated rings. The normalized spacial score (nSPS) is 12.8. The third kappa shape index (κ3) is 3.75. The van der Waals surface area contributed by atoms with E-state index in [2.05, 4.69) is 23.9 Å². The van der Waals surface area contributed by atoms with Crippen LogP contribution in [0.15, 0.2) is 23.4 Å². The first-order chi connectivity index (χ1) is 8.79. The summed E-state index contributed by atoms with van der Waals surface area (Å²) in [7, 11) is 3.96. The Hall–Kier alpha value is -1.46. The van der Waals surface area contributed by atoms with Crippen molar-refractivity contribution in [2.24, 2.45) is 10.9 Å². The molecule has 0 aromatic heterocycles. The smallest absolute Gasteiger partial charge is 0.175 e. The molecule has 0 saturated carbocycles. The molecule has 0 aliphatic carbocycles. The van der Waals surface area contributed by atoms with Crippen molar-refractivity contribution in [3.05, 3.63) is 28.8 Å². The Morgan fingerprint density at radius 1 is 1.47 bits per heavy atom. The number of nitrogens with zero attached hydrogens (tertiary/aromatic N) is 2. The standard InChI is InChI=1S/C13H20ClN3O2/c1-13(2,17(3)4)8-19-10-7-5-6-9(14)11(10)12(15)16-18/h5-7,18H,8H2,1-4H3,(H2,15,16). The molecule has 0 atom stereocenters. The monoisotopic (exact) mass is 285 g/mol. The predicted octanol–water partition coefficient (Wildman–Crippen LogP) is 2.15. The number of benzene rings is 1. The van der Waals surface area contributed by atoms with Crippen molar-refractivity contribution < 1.29 is 9.94 Å². The zero-order chi connectivity index (χ0) is 14.6. The molecule has 0 unspecified atom stereocenters. The maximum Gasteiger partial charge on any atom is 0.175 e. The average Bonchev–Trinajstić information content (AvgIpc) is 2.35. The Balaban J connectivity index is 3.00. The number of hydrogen-bond donors (Lipinski definition) is 2. The first-order valence-corrected chi connectivity index (χ1v) is 6.24. The minimum Gasteiger partial charge on any atom is -0.491 e. The van der Waals surface area contributed by atoms with Gasteiger partial charge in [-0.1, -0.05) is 22.8 Å². The van der Waals surface area contributed by atoms with Crippen molar-refractivity contribution in [3.8, 4) is 5.75 Å². The molecule has 0 saturated heterocycles. The van der Waals surface area contributed by atoms with Gasteiger partial charge in [0, 0.05) is 5.54 Å². The first kappa shape index (κ1) is 15.6. The van der Waals surface area contributed by atoms with Crippen molar-refractivity contribution in [2.75, 3.05) is 20.7 Å². The van der Waals surface area contributed by atoms with Crippen LogP contribution in [0.2, 0.25) is 5.02 Å². The molecule has 1 aromatic rings. The van der Waals surface area contributed by atoms with Gasteiger partial charge in [-0.25, -0.2) is 0 Å². The largest absolute Gasteiger partial charge is 0.491 e. The molecule has 1 rings (SSSR count). The molecule has 19 heavy (non-hydrogen) atoms. The zero-order valence-electron chi connectivity index (χ0n) is 11.6. The lowest BCUT2D eigenvalue weighted by Crippen LogP contribution is -2.43. The van der Waals surface area contributed by atoms with Gasteiger partial charge in [-0.05, 0) is 40.1 Å². The first-order valence-electron chi connectivity index (χ1n) is 5.86. The van der Waals surface area contributed by atoms with Gasteiger partial charge in [0.2, 0.25) is 0 Å². The maximum absolute atomic E-state index is 8.79. The van der Waals surface area contributed by atoms with Crippen LogP contribution in [-0.2, 0) is 0 Å². The van der Waals surface area contributed by atoms with Crippen LogP contribution in [0.4, 0.5) is 0 Å². The van der Waals surface area contributed by atoms with Gasteiger partial charge in [0.1, 0.15) is 12.4 Å². The van der Waals surface area contributed by atoms with Crippen molar-refractivity contribution >= 4 is 17.4 Å². The Morgan fingerprint density at radius 2 is 2.11 bits per heavy atom. The summed E-state index contributed by atoms with van der Waals surface area (Å²) in [6.07, 6.45) is 0. The van der Waals surface area contributed by atoms with Crippen LogP contribution in [-0.4, -0.2) is 42.2 Å². The topological polar surface area (TPSA) is 71.1 Å². The van der Waals surface area contributed by atoms with Gasteiger partial charge < -0.3 is 20.6 Å². The molecule has 0 aliphatic rings. The SMILES string of the molecule is CN(C)C(C)(C)COc1cccc(Cl)c1C(N)=NO. The third-order valence-electron chi connectivity index (χ3n) is 3.13. The van der Waals surface area contributed by atoms with Crippen molar-refractivity contribution in [1.29, 1.82) is 0 Å². The summed E-state index contributed by atoms with van der Waals surface area (Å²) < 4.78 is 5.77. The van der Waals surface area contributed by atoms with Crippen molar-refractivity contribution in [3.63, 3.8) is 0 Å². The van der Waals surface area contributed by atoms with E-state index < -0.39 is 0 Å². The van der Waals surface area contributed by atoms with E-state index in [1.165, 1.54) is 0 Å². The number of rotatable bonds is 5. The van der Waals surface area contributed by atoms with Crippen LogP contribution >= 0.6 is 11.6 Å². The molecule has 0 bridgehead atoms. The van der Waals surface area contributed by atoms with E-state index >= 15 is 0 Å². The summed E-state index contributed by atoms with van der Waals surface area (Å²) >= 11 is 6.05. The van der Waals surface area contributed by atoms with Gasteiger partial charge in [-0.3, -0.25) is 0 Å². The van der Waals surface area contributed by atoms with Gasteiger partial charge in [0.05, 0.1) is 10.6 Å². The molecule has 106 valence electrons. The number of halogens is 1. The predicted molar refractivity (Wildman–Crippen MR) is 77.2 cm³/mol. The highest BCUT2D eigenvalue weighted by Crippen LogP contribution is 2.27. The fourth-order valence-electron chi connectivity index (χ4n) is 1.31. The Bertz CT molecular complexity index is 473. The van der Waals surface area contributed by atoms with E-state index in [1.54, 1.807) is 18.2 Å². The molecule has 0 amide bonds. The summed E-state index contributed by atoms with van der Waals surface area (Å²) in [5, 5.41) is 12.2. The second kappa shape index (κ2) is 6.12. The number of hydrogen-bond acceptors (Lipinski definition) is 4. The minimum atomic E-state index is -0.148. The molecule has 1 aromatic carbocycles. The van der Waals surface area contributed by atoms with Crippen molar-refractivity contribution in [1.82, 2.24) is 4.90 Å². The van der Waals surface area contributed by atoms with E-state index in [4.69, 9.17) is 27.3 Å². The summed E-state index contributed by atoms with van der Waals surface area (Å²) in [4.78, 5) is 2.06. The highest BCUT2D eigenvalue weighted by atomic mass is 35.5. The van der Waals surface area contributed by atoms with Crippen LogP contribution in [0, 0.1) is 0 Å². The highest BCUT2D eigenvalue weighted by Gasteiger charge is 2.22. The lowest BCUT2D eigenvalue weighted by Gasteiger charge is -2.32. The van der Waals surface area contributed by atoms with Crippen LogP contribution in [0.5, 0.6) is 5.75 Å². The Labute approximate surface area is 118 Å². The molecular formula is C13H20ClN3O2. The van der Waals surface area contributed by atoms with Gasteiger partial charge in [0.25, 0.3) is 0 Å². The molecule has 5 nitrogen and oxygen atoms in total. The fourth-order valence-corrected chi connectivity index (χ4v) is 1.57. The number of oxime groups is 1. The molecule has 0 spiro atoms. The second-order valence-electron chi connectivity index (χ2n) is 5.09. The fraction of sp³-hybridized carbons (Fsp3) is 0.462. The van der Waals surface area contributed by atoms with Gasteiger partial charge in [0.15, 0.2) is 5.84 Å². The number of amidine groups is 1. The third-order valence-corrected chi connectivity index (χ3v) is 3.45. The minimum absolute atomic E-state index is 0.0664. The van der Waals surface area contributed by atoms with Gasteiger partial charge in [-0.15, -0.1) is 0 Å². The summed E-state index contributed by atoms with van der Waals surface area (Å²) in [6.45, 7) is 4.56. The van der Waals surface area contributed by atoms with Crippen LogP contribution in [0.1, 0.15) is 19.4 Å². The van der Waals surface area contributed by atoms with Crippen LogP contribution < -0.4 is 10.5 Å². The Morgan fingerprint density at radius 3 is 2.63 bits per heavy atom. The van der Waals surface area contributed by atoms with Crippen molar-refractivity contribution in [2.45, 2.75) is 19.4 Å². The molecule has 6 heteroatoms. The Kier molecular flexibility index (Phi) is 5.03. The highest BCUT2D eigenvalue weighted by molar-refractivity contribution is 6.34. The molecule has 0 aliphatic heterocycles. The van der Waals surface area contributed by atoms with Gasteiger partial charge in [-0.2, -0.15) is 0 Å². The maximum atomic E-state index is 8.79. The molecule has 0 heterocycles. The second-order valence-corrected chi connectivity index (χ2v) is 5.50. The summed E-state index contributed by atoms with van der Waals surface area (Å²) in [6, 6.07) is 5.17. The lowest BCUT2D eigenvalue weighted by atomic mass is 10.1. The summed E-state index contributed by atoms with van der Waals surface area (Å²) in [5.74, 6) is 0.431. The van der Waals surface area contributed by atoms with E-state index in [0.29, 0.717) is 22.9 Å². The number of likely N-dealkylation sites (N-methyl/N-ethyl adjacent to an activating group) is 1. The van der Waals surface area contributed by atoms with E-state index in [9.17, 15) is 0 Å². The number of nitrogens with two attached hydrogens (primary N) is 1. The van der Waals surface area contributed by atoms with Crippen LogP contribution in [0.25, 0.3) is 0 Å². The average molecular weight is 286 g/mol. The quantitative estimate of drug-likeness (QED) is 0.376. The molecular weight excluding hydrogens is 266 g/mol.